The van der Waals surface area contributed by atoms with E-state index in [2.05, 4.69) is 22.0 Å². The third kappa shape index (κ3) is 2.29. The molecule has 1 aliphatic carbocycles. The zero-order valence-corrected chi connectivity index (χ0v) is 8.10. The zero-order chi connectivity index (χ0) is 8.27. The van der Waals surface area contributed by atoms with Crippen LogP contribution < -0.4 is 0 Å². The predicted molar refractivity (Wildman–Crippen MR) is 49.8 cm³/mol. The van der Waals surface area contributed by atoms with Gasteiger partial charge >= 0.3 is 0 Å². The minimum atomic E-state index is 0.109. The number of halogens is 1. The fraction of sp³-hybridized carbons (Fsp3) is 0.444. The summed E-state index contributed by atoms with van der Waals surface area (Å²) >= 11 is 3.16. The van der Waals surface area contributed by atoms with E-state index in [-0.39, 0.29) is 11.7 Å². The highest BCUT2D eigenvalue weighted by Crippen LogP contribution is 2.17. The van der Waals surface area contributed by atoms with Crippen molar-refractivity contribution < 1.29 is 4.79 Å². The van der Waals surface area contributed by atoms with Crippen LogP contribution in [0, 0.1) is 5.92 Å². The number of carbonyl (C=O) groups is 1. The smallest absolute Gasteiger partial charge is 0.150 e. The summed E-state index contributed by atoms with van der Waals surface area (Å²) in [6.45, 7) is 2.05. The van der Waals surface area contributed by atoms with Crippen molar-refractivity contribution >= 4 is 21.7 Å². The topological polar surface area (TPSA) is 17.1 Å². The van der Waals surface area contributed by atoms with Crippen LogP contribution >= 0.6 is 15.9 Å². The van der Waals surface area contributed by atoms with Crippen LogP contribution in [0.15, 0.2) is 23.8 Å². The molecule has 2 heteroatoms. The first-order valence-electron chi connectivity index (χ1n) is 3.67. The van der Waals surface area contributed by atoms with Gasteiger partial charge < -0.3 is 0 Å². The molecule has 0 spiro atoms. The van der Waals surface area contributed by atoms with Crippen molar-refractivity contribution in [3.05, 3.63) is 23.8 Å². The first kappa shape index (κ1) is 8.72. The average molecular weight is 215 g/mol. The molecule has 60 valence electrons. The summed E-state index contributed by atoms with van der Waals surface area (Å²) in [6.07, 6.45) is 6.96. The molecule has 1 aliphatic rings. The van der Waals surface area contributed by atoms with Gasteiger partial charge in [-0.1, -0.05) is 39.7 Å². The van der Waals surface area contributed by atoms with E-state index in [1.807, 2.05) is 19.1 Å². The van der Waals surface area contributed by atoms with Crippen molar-refractivity contribution in [1.82, 2.24) is 0 Å². The summed E-state index contributed by atoms with van der Waals surface area (Å²) in [5.41, 5.74) is 1.25. The van der Waals surface area contributed by atoms with E-state index in [1.54, 1.807) is 0 Å². The fourth-order valence-electron chi connectivity index (χ4n) is 1.07. The van der Waals surface area contributed by atoms with Gasteiger partial charge in [-0.05, 0) is 13.3 Å². The summed E-state index contributed by atoms with van der Waals surface area (Å²) in [6, 6.07) is 0. The second kappa shape index (κ2) is 3.86. The van der Waals surface area contributed by atoms with Crippen molar-refractivity contribution in [3.8, 4) is 0 Å². The Labute approximate surface area is 75.3 Å². The molecule has 0 fully saturated rings. The highest BCUT2D eigenvalue weighted by Gasteiger charge is 2.14. The van der Waals surface area contributed by atoms with Crippen LogP contribution in [-0.2, 0) is 4.79 Å². The van der Waals surface area contributed by atoms with Crippen molar-refractivity contribution in [2.75, 3.05) is 5.33 Å². The maximum Gasteiger partial charge on any atom is 0.150 e. The highest BCUT2D eigenvalue weighted by molar-refractivity contribution is 9.09. The quantitative estimate of drug-likeness (QED) is 0.646. The molecule has 0 N–H and O–H groups in total. The number of carbonyl (C=O) groups excluding carboxylic acids is 1. The lowest BCUT2D eigenvalue weighted by atomic mass is 9.94. The van der Waals surface area contributed by atoms with Crippen LogP contribution in [0.5, 0.6) is 0 Å². The van der Waals surface area contributed by atoms with Crippen LogP contribution in [-0.4, -0.2) is 11.1 Å². The van der Waals surface area contributed by atoms with Gasteiger partial charge in [-0.25, -0.2) is 0 Å². The number of ketones is 1. The first-order valence-corrected chi connectivity index (χ1v) is 4.80. The van der Waals surface area contributed by atoms with Gasteiger partial charge in [0.1, 0.15) is 0 Å². The summed E-state index contributed by atoms with van der Waals surface area (Å²) in [4.78, 5) is 11.1. The van der Waals surface area contributed by atoms with Gasteiger partial charge in [0, 0.05) is 5.92 Å². The second-order valence-corrected chi connectivity index (χ2v) is 3.31. The summed E-state index contributed by atoms with van der Waals surface area (Å²) in [5, 5.41) is 0.467. The molecule has 1 rings (SSSR count). The molecule has 1 nitrogen and oxygen atoms in total. The van der Waals surface area contributed by atoms with Crippen molar-refractivity contribution in [2.45, 2.75) is 13.3 Å². The van der Waals surface area contributed by atoms with Gasteiger partial charge in [0.15, 0.2) is 5.78 Å². The number of alkyl halides is 1. The van der Waals surface area contributed by atoms with Crippen LogP contribution in [0.2, 0.25) is 0 Å². The Kier molecular flexibility index (Phi) is 3.06. The zero-order valence-electron chi connectivity index (χ0n) is 6.51. The molecule has 0 aliphatic heterocycles. The van der Waals surface area contributed by atoms with Gasteiger partial charge in [0.2, 0.25) is 0 Å². The van der Waals surface area contributed by atoms with Crippen LogP contribution in [0.4, 0.5) is 0 Å². The second-order valence-electron chi connectivity index (χ2n) is 2.75. The molecule has 1 atom stereocenters. The number of rotatable bonds is 2. The standard InChI is InChI=1S/C9H11BrO/c1-7-2-4-8(5-3-7)9(11)6-10/h2-4,8H,5-6H2,1H3. The van der Waals surface area contributed by atoms with E-state index < -0.39 is 0 Å². The van der Waals surface area contributed by atoms with Crippen molar-refractivity contribution in [1.29, 1.82) is 0 Å². The maximum absolute atomic E-state index is 11.1. The van der Waals surface area contributed by atoms with Gasteiger partial charge in [-0.15, -0.1) is 0 Å². The number of allylic oxidation sites excluding steroid dienone is 4. The maximum atomic E-state index is 11.1. The van der Waals surface area contributed by atoms with E-state index in [1.165, 1.54) is 5.57 Å². The molecule has 0 aromatic rings. The molecule has 0 saturated carbocycles. The molecule has 0 radical (unpaired) electrons. The van der Waals surface area contributed by atoms with E-state index >= 15 is 0 Å². The van der Waals surface area contributed by atoms with Crippen LogP contribution in [0.3, 0.4) is 0 Å². The molecular formula is C9H11BrO. The summed E-state index contributed by atoms with van der Waals surface area (Å²) in [5.74, 6) is 0.378. The Morgan fingerprint density at radius 2 is 2.55 bits per heavy atom. The monoisotopic (exact) mass is 214 g/mol. The third-order valence-electron chi connectivity index (χ3n) is 1.83. The summed E-state index contributed by atoms with van der Waals surface area (Å²) in [7, 11) is 0. The molecule has 11 heavy (non-hydrogen) atoms. The Morgan fingerprint density at radius 1 is 1.82 bits per heavy atom. The Hall–Kier alpha value is -0.370. The van der Waals surface area contributed by atoms with Crippen molar-refractivity contribution in [3.63, 3.8) is 0 Å². The number of Topliss-reactive ketones (excluding diaryl/α,β-unsaturated/α-hetero) is 1. The Morgan fingerprint density at radius 3 is 3.00 bits per heavy atom. The molecule has 0 heterocycles. The molecule has 0 bridgehead atoms. The van der Waals surface area contributed by atoms with Gasteiger partial charge in [0.05, 0.1) is 5.33 Å². The predicted octanol–water partition coefficient (Wildman–Crippen LogP) is 2.47. The Bertz CT molecular complexity index is 216. The fourth-order valence-corrected chi connectivity index (χ4v) is 1.48. The van der Waals surface area contributed by atoms with Gasteiger partial charge in [0.25, 0.3) is 0 Å². The molecule has 1 unspecified atom stereocenters. The lowest BCUT2D eigenvalue weighted by Gasteiger charge is -2.11. The molecule has 0 aromatic carbocycles. The van der Waals surface area contributed by atoms with Crippen LogP contribution in [0.1, 0.15) is 13.3 Å². The van der Waals surface area contributed by atoms with E-state index in [4.69, 9.17) is 0 Å². The lowest BCUT2D eigenvalue weighted by molar-refractivity contribution is -0.118. The van der Waals surface area contributed by atoms with Gasteiger partial charge in [-0.2, -0.15) is 0 Å². The molecule has 0 aromatic heterocycles. The van der Waals surface area contributed by atoms with Crippen LogP contribution in [0.25, 0.3) is 0 Å². The van der Waals surface area contributed by atoms with E-state index in [0.717, 1.165) is 6.42 Å². The SMILES string of the molecule is CC1=CCC(C(=O)CBr)C=C1. The molecular weight excluding hydrogens is 204 g/mol. The largest absolute Gasteiger partial charge is 0.298 e. The average Bonchev–Trinajstić information content (AvgIpc) is 2.05. The number of hydrogen-bond donors (Lipinski definition) is 0. The lowest BCUT2D eigenvalue weighted by Crippen LogP contribution is -2.14. The minimum absolute atomic E-state index is 0.109. The minimum Gasteiger partial charge on any atom is -0.298 e. The molecule has 0 saturated heterocycles. The van der Waals surface area contributed by atoms with Crippen molar-refractivity contribution in [2.24, 2.45) is 5.92 Å². The summed E-state index contributed by atoms with van der Waals surface area (Å²) < 4.78 is 0. The van der Waals surface area contributed by atoms with Gasteiger partial charge in [-0.3, -0.25) is 4.79 Å². The normalized spacial score (nSPS) is 23.1. The first-order chi connectivity index (χ1) is 5.24. The highest BCUT2D eigenvalue weighted by atomic mass is 79.9. The van der Waals surface area contributed by atoms with E-state index in [9.17, 15) is 4.79 Å². The third-order valence-corrected chi connectivity index (χ3v) is 2.38. The Balaban J connectivity index is 2.55. The number of hydrogen-bond acceptors (Lipinski definition) is 1. The molecule has 0 amide bonds. The van der Waals surface area contributed by atoms with E-state index in [0.29, 0.717) is 5.33 Å².